The van der Waals surface area contributed by atoms with Crippen molar-refractivity contribution in [1.29, 1.82) is 0 Å². The van der Waals surface area contributed by atoms with Crippen molar-refractivity contribution in [1.82, 2.24) is 9.78 Å². The van der Waals surface area contributed by atoms with Crippen molar-refractivity contribution in [2.45, 2.75) is 77.7 Å². The van der Waals surface area contributed by atoms with E-state index in [1.54, 1.807) is 4.68 Å². The van der Waals surface area contributed by atoms with E-state index in [2.05, 4.69) is 17.3 Å². The highest BCUT2D eigenvalue weighted by Crippen LogP contribution is 2.34. The highest BCUT2D eigenvalue weighted by Gasteiger charge is 2.31. The van der Waals surface area contributed by atoms with Gasteiger partial charge in [0.1, 0.15) is 5.82 Å². The van der Waals surface area contributed by atoms with Crippen molar-refractivity contribution in [2.24, 2.45) is 0 Å². The molecule has 2 rings (SSSR count). The number of carbonyl (C=O) groups is 1. The van der Waals surface area contributed by atoms with E-state index in [0.29, 0.717) is 12.2 Å². The molecule has 0 fully saturated rings. The number of nitrogens with one attached hydrogen (secondary N) is 2. The normalized spacial score (nSPS) is 17.9. The Labute approximate surface area is 126 Å². The standard InChI is InChI=1S/C16H27N3O2/c1-4-5-6-7-8-9-12-10-13(20)17-15-14(12)16(21)18-19(15)11(2)3/h11-12H,4-10H2,1-3H3,(H,17,20)(H,18,21)/t12-/m1/s1. The van der Waals surface area contributed by atoms with Crippen molar-refractivity contribution < 1.29 is 4.79 Å². The largest absolute Gasteiger partial charge is 0.311 e. The van der Waals surface area contributed by atoms with E-state index in [1.165, 1.54) is 25.7 Å². The summed E-state index contributed by atoms with van der Waals surface area (Å²) >= 11 is 0. The van der Waals surface area contributed by atoms with Crippen molar-refractivity contribution in [3.05, 3.63) is 15.9 Å². The maximum absolute atomic E-state index is 12.2. The summed E-state index contributed by atoms with van der Waals surface area (Å²) in [5.74, 6) is 0.776. The molecule has 5 heteroatoms. The van der Waals surface area contributed by atoms with Gasteiger partial charge in [-0.2, -0.15) is 0 Å². The van der Waals surface area contributed by atoms with Crippen LogP contribution in [0.4, 0.5) is 5.82 Å². The fourth-order valence-corrected chi connectivity index (χ4v) is 3.11. The number of H-pyrrole nitrogens is 1. The number of carbonyl (C=O) groups excluding carboxylic acids is 1. The predicted octanol–water partition coefficient (Wildman–Crippen LogP) is 3.54. The fourth-order valence-electron chi connectivity index (χ4n) is 3.11. The first-order chi connectivity index (χ1) is 10.0. The Hall–Kier alpha value is -1.52. The average Bonchev–Trinajstić information content (AvgIpc) is 2.75. The zero-order valence-electron chi connectivity index (χ0n) is 13.4. The first-order valence-electron chi connectivity index (χ1n) is 8.18. The molecule has 2 N–H and O–H groups in total. The summed E-state index contributed by atoms with van der Waals surface area (Å²) in [5, 5.41) is 5.73. The topological polar surface area (TPSA) is 66.9 Å². The number of rotatable bonds is 7. The lowest BCUT2D eigenvalue weighted by Crippen LogP contribution is -2.26. The Balaban J connectivity index is 2.11. The second-order valence-corrected chi connectivity index (χ2v) is 6.32. The molecule has 0 aromatic carbocycles. The minimum absolute atomic E-state index is 0.0226. The number of unbranched alkanes of at least 4 members (excludes halogenated alkanes) is 4. The van der Waals surface area contributed by atoms with Gasteiger partial charge in [0.2, 0.25) is 5.91 Å². The first-order valence-corrected chi connectivity index (χ1v) is 8.18. The summed E-state index contributed by atoms with van der Waals surface area (Å²) in [6.45, 7) is 6.19. The number of fused-ring (bicyclic) bond motifs is 1. The van der Waals surface area contributed by atoms with Crippen LogP contribution in [0.3, 0.4) is 0 Å². The lowest BCUT2D eigenvalue weighted by Gasteiger charge is -2.23. The average molecular weight is 293 g/mol. The summed E-state index contributed by atoms with van der Waals surface area (Å²) < 4.78 is 1.78. The summed E-state index contributed by atoms with van der Waals surface area (Å²) in [7, 11) is 0. The van der Waals surface area contributed by atoms with Crippen LogP contribution in [0, 0.1) is 0 Å². The molecule has 1 amide bonds. The summed E-state index contributed by atoms with van der Waals surface area (Å²) in [6, 6.07) is 0.130. The Morgan fingerprint density at radius 3 is 2.57 bits per heavy atom. The maximum atomic E-state index is 12.2. The number of hydrogen-bond acceptors (Lipinski definition) is 2. The van der Waals surface area contributed by atoms with Gasteiger partial charge in [-0.15, -0.1) is 0 Å². The van der Waals surface area contributed by atoms with Crippen LogP contribution in [-0.4, -0.2) is 15.7 Å². The molecule has 0 unspecified atom stereocenters. The number of hydrogen-bond donors (Lipinski definition) is 2. The molecule has 1 atom stereocenters. The second-order valence-electron chi connectivity index (χ2n) is 6.32. The number of anilines is 1. The van der Waals surface area contributed by atoms with Crippen LogP contribution >= 0.6 is 0 Å². The van der Waals surface area contributed by atoms with Gasteiger partial charge in [-0.1, -0.05) is 39.0 Å². The van der Waals surface area contributed by atoms with Crippen LogP contribution in [0.2, 0.25) is 0 Å². The van der Waals surface area contributed by atoms with E-state index in [9.17, 15) is 9.59 Å². The van der Waals surface area contributed by atoms with E-state index >= 15 is 0 Å². The Bertz CT molecular complexity index is 542. The van der Waals surface area contributed by atoms with Crippen LogP contribution in [0.25, 0.3) is 0 Å². The third-order valence-electron chi connectivity index (χ3n) is 4.23. The van der Waals surface area contributed by atoms with Gasteiger partial charge in [0.25, 0.3) is 5.56 Å². The first kappa shape index (κ1) is 15.9. The van der Waals surface area contributed by atoms with Gasteiger partial charge < -0.3 is 5.32 Å². The molecule has 0 spiro atoms. The van der Waals surface area contributed by atoms with Crippen molar-refractivity contribution in [2.75, 3.05) is 5.32 Å². The van der Waals surface area contributed by atoms with Gasteiger partial charge in [-0.25, -0.2) is 0 Å². The molecule has 1 aliphatic heterocycles. The Morgan fingerprint density at radius 1 is 1.19 bits per heavy atom. The van der Waals surface area contributed by atoms with Crippen LogP contribution in [0.1, 0.15) is 83.2 Å². The number of aromatic amines is 1. The zero-order valence-corrected chi connectivity index (χ0v) is 13.4. The Kier molecular flexibility index (Phi) is 5.26. The molecular weight excluding hydrogens is 266 g/mol. The molecular formula is C16H27N3O2. The third kappa shape index (κ3) is 3.57. The molecule has 2 heterocycles. The van der Waals surface area contributed by atoms with Crippen molar-refractivity contribution in [3.63, 3.8) is 0 Å². The predicted molar refractivity (Wildman–Crippen MR) is 84.8 cm³/mol. The molecule has 1 aromatic heterocycles. The Morgan fingerprint density at radius 2 is 1.90 bits per heavy atom. The van der Waals surface area contributed by atoms with Crippen LogP contribution in [0.15, 0.2) is 4.79 Å². The van der Waals surface area contributed by atoms with Crippen LogP contribution < -0.4 is 10.9 Å². The van der Waals surface area contributed by atoms with Gasteiger partial charge in [0.15, 0.2) is 0 Å². The van der Waals surface area contributed by atoms with Gasteiger partial charge in [-0.3, -0.25) is 19.4 Å². The second kappa shape index (κ2) is 6.96. The SMILES string of the molecule is CCCCCCC[C@@H]1CC(=O)Nc2c1c(=O)[nH]n2C(C)C. The van der Waals surface area contributed by atoms with E-state index in [4.69, 9.17) is 0 Å². The molecule has 0 bridgehead atoms. The van der Waals surface area contributed by atoms with Crippen LogP contribution in [-0.2, 0) is 4.79 Å². The van der Waals surface area contributed by atoms with Crippen molar-refractivity contribution in [3.8, 4) is 0 Å². The molecule has 5 nitrogen and oxygen atoms in total. The molecule has 0 aliphatic carbocycles. The summed E-state index contributed by atoms with van der Waals surface area (Å²) in [6.07, 6.45) is 7.37. The van der Waals surface area contributed by atoms with Gasteiger partial charge >= 0.3 is 0 Å². The zero-order chi connectivity index (χ0) is 15.4. The molecule has 0 saturated heterocycles. The maximum Gasteiger partial charge on any atom is 0.269 e. The molecule has 1 aliphatic rings. The van der Waals surface area contributed by atoms with E-state index in [0.717, 1.165) is 18.4 Å². The summed E-state index contributed by atoms with van der Waals surface area (Å²) in [5.41, 5.74) is 0.732. The van der Waals surface area contributed by atoms with Gasteiger partial charge in [0.05, 0.1) is 5.56 Å². The fraction of sp³-hybridized carbons (Fsp3) is 0.750. The van der Waals surface area contributed by atoms with Crippen molar-refractivity contribution >= 4 is 11.7 Å². The summed E-state index contributed by atoms with van der Waals surface area (Å²) in [4.78, 5) is 24.1. The number of aromatic nitrogens is 2. The highest BCUT2D eigenvalue weighted by atomic mass is 16.2. The van der Waals surface area contributed by atoms with E-state index in [1.807, 2.05) is 13.8 Å². The minimum atomic E-state index is -0.0442. The quantitative estimate of drug-likeness (QED) is 0.755. The van der Waals surface area contributed by atoms with E-state index < -0.39 is 0 Å². The number of nitrogens with zero attached hydrogens (tertiary/aromatic N) is 1. The number of amides is 1. The van der Waals surface area contributed by atoms with Crippen LogP contribution in [0.5, 0.6) is 0 Å². The monoisotopic (exact) mass is 293 g/mol. The molecule has 0 saturated carbocycles. The lowest BCUT2D eigenvalue weighted by atomic mass is 9.89. The minimum Gasteiger partial charge on any atom is -0.311 e. The third-order valence-corrected chi connectivity index (χ3v) is 4.23. The molecule has 21 heavy (non-hydrogen) atoms. The lowest BCUT2D eigenvalue weighted by molar-refractivity contribution is -0.117. The van der Waals surface area contributed by atoms with Gasteiger partial charge in [0, 0.05) is 18.4 Å². The molecule has 0 radical (unpaired) electrons. The van der Waals surface area contributed by atoms with Gasteiger partial charge in [-0.05, 0) is 20.3 Å². The van der Waals surface area contributed by atoms with E-state index in [-0.39, 0.29) is 23.4 Å². The highest BCUT2D eigenvalue weighted by molar-refractivity contribution is 5.93. The molecule has 1 aromatic rings. The molecule has 118 valence electrons. The smallest absolute Gasteiger partial charge is 0.269 e.